The van der Waals surface area contributed by atoms with Crippen LogP contribution in [0.25, 0.3) is 0 Å². The number of nitrogens with one attached hydrogen (secondary N) is 1. The van der Waals surface area contributed by atoms with E-state index in [0.717, 1.165) is 32.7 Å². The van der Waals surface area contributed by atoms with Gasteiger partial charge >= 0.3 is 0 Å². The van der Waals surface area contributed by atoms with Crippen LogP contribution >= 0.6 is 0 Å². The molecule has 0 aromatic rings. The van der Waals surface area contributed by atoms with Crippen molar-refractivity contribution in [1.82, 2.24) is 15.1 Å². The van der Waals surface area contributed by atoms with Gasteiger partial charge in [-0.3, -0.25) is 9.89 Å². The minimum absolute atomic E-state index is 0.476. The van der Waals surface area contributed by atoms with Crippen molar-refractivity contribution in [2.45, 2.75) is 52.5 Å². The molecule has 0 radical (unpaired) electrons. The summed E-state index contributed by atoms with van der Waals surface area (Å²) in [5.74, 6) is 0.602. The molecule has 1 saturated heterocycles. The van der Waals surface area contributed by atoms with Crippen LogP contribution in [-0.4, -0.2) is 67.6 Å². The molecule has 3 N–H and O–H groups in total. The monoisotopic (exact) mass is 297 g/mol. The molecule has 1 heterocycles. The summed E-state index contributed by atoms with van der Waals surface area (Å²) >= 11 is 0. The number of piperazine rings is 1. The number of likely N-dealkylation sites (N-methyl/N-ethyl adjacent to an activating group) is 1. The van der Waals surface area contributed by atoms with E-state index in [4.69, 9.17) is 5.73 Å². The van der Waals surface area contributed by atoms with Crippen molar-refractivity contribution in [2.24, 2.45) is 10.7 Å². The minimum Gasteiger partial charge on any atom is -0.370 e. The molecule has 1 aliphatic rings. The third-order valence-corrected chi connectivity index (χ3v) is 4.34. The second kappa shape index (κ2) is 10.9. The summed E-state index contributed by atoms with van der Waals surface area (Å²) in [6, 6.07) is 0.476. The highest BCUT2D eigenvalue weighted by atomic mass is 15.3. The zero-order valence-electron chi connectivity index (χ0n) is 14.3. The van der Waals surface area contributed by atoms with E-state index >= 15 is 0 Å². The lowest BCUT2D eigenvalue weighted by atomic mass is 10.2. The van der Waals surface area contributed by atoms with Crippen molar-refractivity contribution in [3.63, 3.8) is 0 Å². The topological polar surface area (TPSA) is 56.9 Å². The number of aliphatic imine (C=N–C) groups is 1. The number of hydrogen-bond donors (Lipinski definition) is 2. The van der Waals surface area contributed by atoms with Crippen LogP contribution in [0.2, 0.25) is 0 Å². The fourth-order valence-corrected chi connectivity index (χ4v) is 2.69. The van der Waals surface area contributed by atoms with E-state index in [1.807, 2.05) is 0 Å². The van der Waals surface area contributed by atoms with Gasteiger partial charge in [0.05, 0.1) is 6.54 Å². The van der Waals surface area contributed by atoms with Crippen LogP contribution in [0.1, 0.15) is 46.5 Å². The molecular formula is C16H35N5. The first-order valence-corrected chi connectivity index (χ1v) is 8.67. The molecule has 124 valence electrons. The highest BCUT2D eigenvalue weighted by Gasteiger charge is 2.19. The SMILES string of the molecule is CCCCCCNC(N)=NCC(C)N1CCN(CC)CC1. The van der Waals surface area contributed by atoms with Gasteiger partial charge in [-0.2, -0.15) is 0 Å². The maximum Gasteiger partial charge on any atom is 0.188 e. The number of nitrogens with two attached hydrogens (primary N) is 1. The Hall–Kier alpha value is -0.810. The van der Waals surface area contributed by atoms with Crippen molar-refractivity contribution in [2.75, 3.05) is 45.8 Å². The van der Waals surface area contributed by atoms with E-state index in [0.29, 0.717) is 12.0 Å². The highest BCUT2D eigenvalue weighted by Crippen LogP contribution is 2.06. The van der Waals surface area contributed by atoms with Gasteiger partial charge in [-0.15, -0.1) is 0 Å². The standard InChI is InChI=1S/C16H35N5/c1-4-6-7-8-9-18-16(17)19-14-15(3)21-12-10-20(5-2)11-13-21/h15H,4-14H2,1-3H3,(H3,17,18,19). The normalized spacial score (nSPS) is 19.7. The van der Waals surface area contributed by atoms with E-state index in [-0.39, 0.29) is 0 Å². The zero-order valence-corrected chi connectivity index (χ0v) is 14.3. The van der Waals surface area contributed by atoms with Crippen LogP contribution in [-0.2, 0) is 0 Å². The quantitative estimate of drug-likeness (QED) is 0.385. The molecule has 1 rings (SSSR count). The zero-order chi connectivity index (χ0) is 15.5. The molecule has 21 heavy (non-hydrogen) atoms. The predicted octanol–water partition coefficient (Wildman–Crippen LogP) is 1.50. The van der Waals surface area contributed by atoms with Gasteiger partial charge < -0.3 is 16.0 Å². The molecule has 1 unspecified atom stereocenters. The van der Waals surface area contributed by atoms with Gasteiger partial charge in [0.15, 0.2) is 5.96 Å². The van der Waals surface area contributed by atoms with Gasteiger partial charge in [-0.05, 0) is 19.9 Å². The van der Waals surface area contributed by atoms with Crippen LogP contribution in [0.3, 0.4) is 0 Å². The lowest BCUT2D eigenvalue weighted by molar-refractivity contribution is 0.109. The van der Waals surface area contributed by atoms with Crippen LogP contribution in [0.5, 0.6) is 0 Å². The van der Waals surface area contributed by atoms with Crippen molar-refractivity contribution in [1.29, 1.82) is 0 Å². The molecule has 1 atom stereocenters. The second-order valence-electron chi connectivity index (χ2n) is 6.03. The van der Waals surface area contributed by atoms with Crippen LogP contribution in [0.4, 0.5) is 0 Å². The Morgan fingerprint density at radius 3 is 2.48 bits per heavy atom. The molecular weight excluding hydrogens is 262 g/mol. The van der Waals surface area contributed by atoms with Gasteiger partial charge in [-0.1, -0.05) is 33.1 Å². The molecule has 1 aliphatic heterocycles. The summed E-state index contributed by atoms with van der Waals surface area (Å²) < 4.78 is 0. The largest absolute Gasteiger partial charge is 0.370 e. The average Bonchev–Trinajstić information content (AvgIpc) is 2.52. The summed E-state index contributed by atoms with van der Waals surface area (Å²) in [5, 5.41) is 3.22. The minimum atomic E-state index is 0.476. The highest BCUT2D eigenvalue weighted by molar-refractivity contribution is 5.77. The Balaban J connectivity index is 2.15. The molecule has 5 heteroatoms. The predicted molar refractivity (Wildman–Crippen MR) is 91.8 cm³/mol. The molecule has 5 nitrogen and oxygen atoms in total. The van der Waals surface area contributed by atoms with Gasteiger partial charge in [0.2, 0.25) is 0 Å². The van der Waals surface area contributed by atoms with Gasteiger partial charge in [0, 0.05) is 38.8 Å². The van der Waals surface area contributed by atoms with Gasteiger partial charge in [0.1, 0.15) is 0 Å². The Kier molecular flexibility index (Phi) is 9.42. The maximum atomic E-state index is 5.92. The Labute approximate surface area is 131 Å². The number of unbranched alkanes of at least 4 members (excludes halogenated alkanes) is 3. The molecule has 0 aliphatic carbocycles. The molecule has 0 spiro atoms. The van der Waals surface area contributed by atoms with Crippen molar-refractivity contribution < 1.29 is 0 Å². The average molecular weight is 297 g/mol. The van der Waals surface area contributed by atoms with Crippen LogP contribution < -0.4 is 11.1 Å². The first-order chi connectivity index (χ1) is 10.2. The van der Waals surface area contributed by atoms with E-state index in [1.165, 1.54) is 38.8 Å². The number of guanidine groups is 1. The van der Waals surface area contributed by atoms with E-state index in [2.05, 4.69) is 40.9 Å². The van der Waals surface area contributed by atoms with Crippen molar-refractivity contribution in [3.8, 4) is 0 Å². The summed E-state index contributed by atoms with van der Waals surface area (Å²) in [6.45, 7) is 14.3. The Bertz CT molecular complexity index is 284. The van der Waals surface area contributed by atoms with Gasteiger partial charge in [-0.25, -0.2) is 0 Å². The first-order valence-electron chi connectivity index (χ1n) is 8.67. The molecule has 0 bridgehead atoms. The third-order valence-electron chi connectivity index (χ3n) is 4.34. The molecule has 0 saturated carbocycles. The fourth-order valence-electron chi connectivity index (χ4n) is 2.69. The summed E-state index contributed by atoms with van der Waals surface area (Å²) in [4.78, 5) is 9.50. The fraction of sp³-hybridized carbons (Fsp3) is 0.938. The van der Waals surface area contributed by atoms with Crippen LogP contribution in [0.15, 0.2) is 4.99 Å². The number of nitrogens with zero attached hydrogens (tertiary/aromatic N) is 3. The third kappa shape index (κ3) is 7.67. The Morgan fingerprint density at radius 2 is 1.86 bits per heavy atom. The van der Waals surface area contributed by atoms with Crippen molar-refractivity contribution >= 4 is 5.96 Å². The lowest BCUT2D eigenvalue weighted by Gasteiger charge is -2.37. The van der Waals surface area contributed by atoms with E-state index < -0.39 is 0 Å². The first kappa shape index (κ1) is 18.2. The van der Waals surface area contributed by atoms with E-state index in [1.54, 1.807) is 0 Å². The summed E-state index contributed by atoms with van der Waals surface area (Å²) in [5.41, 5.74) is 5.92. The van der Waals surface area contributed by atoms with Crippen LogP contribution in [0, 0.1) is 0 Å². The molecule has 0 aromatic heterocycles. The van der Waals surface area contributed by atoms with Crippen molar-refractivity contribution in [3.05, 3.63) is 0 Å². The smallest absolute Gasteiger partial charge is 0.188 e. The summed E-state index contributed by atoms with van der Waals surface area (Å²) in [7, 11) is 0. The molecule has 1 fully saturated rings. The summed E-state index contributed by atoms with van der Waals surface area (Å²) in [6.07, 6.45) is 5.03. The van der Waals surface area contributed by atoms with Gasteiger partial charge in [0.25, 0.3) is 0 Å². The number of rotatable bonds is 9. The lowest BCUT2D eigenvalue weighted by Crippen LogP contribution is -2.50. The second-order valence-corrected chi connectivity index (χ2v) is 6.03. The Morgan fingerprint density at radius 1 is 1.14 bits per heavy atom. The number of hydrogen-bond acceptors (Lipinski definition) is 3. The molecule has 0 aromatic carbocycles. The maximum absolute atomic E-state index is 5.92. The van der Waals surface area contributed by atoms with E-state index in [9.17, 15) is 0 Å². The molecule has 0 amide bonds.